The average molecular weight is 405 g/mol. The van der Waals surface area contributed by atoms with Crippen LogP contribution in [-0.4, -0.2) is 62.8 Å². The van der Waals surface area contributed by atoms with E-state index in [1.54, 1.807) is 20.8 Å². The number of carbonyl (C=O) groups is 2. The quantitative estimate of drug-likeness (QED) is 0.729. The van der Waals surface area contributed by atoms with E-state index in [1.807, 2.05) is 12.1 Å². The van der Waals surface area contributed by atoms with Gasteiger partial charge in [0.2, 0.25) is 5.91 Å². The third-order valence-electron chi connectivity index (χ3n) is 4.77. The number of hydrogen-bond acceptors (Lipinski definition) is 5. The molecule has 1 aliphatic heterocycles. The lowest BCUT2D eigenvalue weighted by molar-refractivity contribution is -0.116. The van der Waals surface area contributed by atoms with Crippen LogP contribution in [0.5, 0.6) is 0 Å². The first kappa shape index (κ1) is 23.0. The van der Waals surface area contributed by atoms with Gasteiger partial charge in [0.05, 0.1) is 0 Å². The Labute approximate surface area is 174 Å². The maximum atomic E-state index is 12.1. The van der Waals surface area contributed by atoms with Gasteiger partial charge < -0.3 is 25.2 Å². The SMILES string of the molecule is CN(C)CC1CCN(c2ccc(NC(=O)CCNC(=O)OC(C)(C)C)cc2)CC1. The normalized spacial score (nSPS) is 15.3. The number of carbonyl (C=O) groups excluding carboxylic acids is 2. The molecule has 1 fully saturated rings. The van der Waals surface area contributed by atoms with Gasteiger partial charge in [-0.15, -0.1) is 0 Å². The van der Waals surface area contributed by atoms with E-state index in [2.05, 4.69) is 46.7 Å². The van der Waals surface area contributed by atoms with E-state index in [0.717, 1.165) is 31.2 Å². The van der Waals surface area contributed by atoms with Crippen molar-refractivity contribution >= 4 is 23.4 Å². The zero-order valence-corrected chi connectivity index (χ0v) is 18.5. The first-order chi connectivity index (χ1) is 13.6. The lowest BCUT2D eigenvalue weighted by Crippen LogP contribution is -2.37. The number of piperidine rings is 1. The number of ether oxygens (including phenoxy) is 1. The van der Waals surface area contributed by atoms with Crippen molar-refractivity contribution in [3.05, 3.63) is 24.3 Å². The number of amides is 2. The molecule has 1 aromatic carbocycles. The second kappa shape index (κ2) is 10.5. The van der Waals surface area contributed by atoms with Gasteiger partial charge in [-0.1, -0.05) is 0 Å². The van der Waals surface area contributed by atoms with Crippen LogP contribution in [0, 0.1) is 5.92 Å². The molecule has 1 saturated heterocycles. The van der Waals surface area contributed by atoms with E-state index in [9.17, 15) is 9.59 Å². The topological polar surface area (TPSA) is 73.9 Å². The van der Waals surface area contributed by atoms with Gasteiger partial charge in [-0.2, -0.15) is 0 Å². The number of anilines is 2. The third-order valence-corrected chi connectivity index (χ3v) is 4.77. The molecule has 162 valence electrons. The zero-order chi connectivity index (χ0) is 21.4. The van der Waals surface area contributed by atoms with Crippen molar-refractivity contribution in [2.45, 2.75) is 45.6 Å². The molecule has 2 amide bonds. The minimum atomic E-state index is -0.546. The number of rotatable bonds is 7. The van der Waals surface area contributed by atoms with Crippen LogP contribution in [0.2, 0.25) is 0 Å². The number of alkyl carbamates (subject to hydrolysis) is 1. The molecule has 1 aliphatic rings. The van der Waals surface area contributed by atoms with E-state index < -0.39 is 11.7 Å². The number of benzene rings is 1. The van der Waals surface area contributed by atoms with Crippen LogP contribution >= 0.6 is 0 Å². The summed E-state index contributed by atoms with van der Waals surface area (Å²) in [4.78, 5) is 28.3. The summed E-state index contributed by atoms with van der Waals surface area (Å²) in [5.41, 5.74) is 1.41. The van der Waals surface area contributed by atoms with Crippen LogP contribution in [-0.2, 0) is 9.53 Å². The van der Waals surface area contributed by atoms with Gasteiger partial charge in [-0.05, 0) is 77.9 Å². The fraction of sp³-hybridized carbons (Fsp3) is 0.636. The second-order valence-corrected chi connectivity index (χ2v) is 8.97. The Balaban J connectivity index is 1.72. The molecule has 2 N–H and O–H groups in total. The van der Waals surface area contributed by atoms with Gasteiger partial charge in [0.1, 0.15) is 5.60 Å². The van der Waals surface area contributed by atoms with E-state index in [1.165, 1.54) is 18.5 Å². The predicted molar refractivity (Wildman–Crippen MR) is 117 cm³/mol. The fourth-order valence-corrected chi connectivity index (χ4v) is 3.46. The molecule has 7 heteroatoms. The Kier molecular flexibility index (Phi) is 8.32. The summed E-state index contributed by atoms with van der Waals surface area (Å²) in [5.74, 6) is 0.632. The van der Waals surface area contributed by atoms with E-state index >= 15 is 0 Å². The largest absolute Gasteiger partial charge is 0.444 e. The fourth-order valence-electron chi connectivity index (χ4n) is 3.46. The highest BCUT2D eigenvalue weighted by Gasteiger charge is 2.20. The van der Waals surface area contributed by atoms with Crippen molar-refractivity contribution in [1.82, 2.24) is 10.2 Å². The molecule has 1 aromatic rings. The van der Waals surface area contributed by atoms with Crippen LogP contribution in [0.1, 0.15) is 40.0 Å². The van der Waals surface area contributed by atoms with E-state index in [-0.39, 0.29) is 18.9 Å². The van der Waals surface area contributed by atoms with Crippen LogP contribution in [0.15, 0.2) is 24.3 Å². The van der Waals surface area contributed by atoms with Crippen LogP contribution < -0.4 is 15.5 Å². The Morgan fingerprint density at radius 3 is 2.31 bits per heavy atom. The Bertz CT molecular complexity index is 660. The molecule has 0 radical (unpaired) electrons. The van der Waals surface area contributed by atoms with Crippen molar-refractivity contribution in [2.24, 2.45) is 5.92 Å². The maximum Gasteiger partial charge on any atom is 0.407 e. The number of nitrogens with one attached hydrogen (secondary N) is 2. The predicted octanol–water partition coefficient (Wildman–Crippen LogP) is 3.32. The van der Waals surface area contributed by atoms with E-state index in [0.29, 0.717) is 0 Å². The highest BCUT2D eigenvalue weighted by Crippen LogP contribution is 2.25. The molecule has 1 heterocycles. The highest BCUT2D eigenvalue weighted by molar-refractivity contribution is 5.91. The molecule has 0 aromatic heterocycles. The van der Waals surface area contributed by atoms with Crippen molar-refractivity contribution in [2.75, 3.05) is 50.5 Å². The van der Waals surface area contributed by atoms with E-state index in [4.69, 9.17) is 4.74 Å². The first-order valence-electron chi connectivity index (χ1n) is 10.4. The summed E-state index contributed by atoms with van der Waals surface area (Å²) in [7, 11) is 4.26. The maximum absolute atomic E-state index is 12.1. The van der Waals surface area contributed by atoms with Crippen molar-refractivity contribution in [3.63, 3.8) is 0 Å². The van der Waals surface area contributed by atoms with Crippen LogP contribution in [0.4, 0.5) is 16.2 Å². The third kappa shape index (κ3) is 8.73. The molecule has 0 saturated carbocycles. The minimum absolute atomic E-state index is 0.140. The monoisotopic (exact) mass is 404 g/mol. The van der Waals surface area contributed by atoms with Crippen molar-refractivity contribution < 1.29 is 14.3 Å². The molecule has 0 unspecified atom stereocenters. The lowest BCUT2D eigenvalue weighted by Gasteiger charge is -2.34. The minimum Gasteiger partial charge on any atom is -0.444 e. The second-order valence-electron chi connectivity index (χ2n) is 8.97. The molecule has 2 rings (SSSR count). The number of hydrogen-bond donors (Lipinski definition) is 2. The molecule has 0 atom stereocenters. The summed E-state index contributed by atoms with van der Waals surface area (Å²) in [5, 5.41) is 5.46. The average Bonchev–Trinajstić information content (AvgIpc) is 2.61. The zero-order valence-electron chi connectivity index (χ0n) is 18.5. The summed E-state index contributed by atoms with van der Waals surface area (Å²) >= 11 is 0. The summed E-state index contributed by atoms with van der Waals surface area (Å²) in [6.45, 7) is 8.93. The molecule has 0 spiro atoms. The Morgan fingerprint density at radius 2 is 1.76 bits per heavy atom. The van der Waals surface area contributed by atoms with Gasteiger partial charge in [-0.25, -0.2) is 4.79 Å². The smallest absolute Gasteiger partial charge is 0.407 e. The van der Waals surface area contributed by atoms with Crippen molar-refractivity contribution in [3.8, 4) is 0 Å². The molecular weight excluding hydrogens is 368 g/mol. The summed E-state index contributed by atoms with van der Waals surface area (Å²) < 4.78 is 5.15. The number of nitrogens with zero attached hydrogens (tertiary/aromatic N) is 2. The summed E-state index contributed by atoms with van der Waals surface area (Å²) in [6, 6.07) is 7.97. The molecule has 7 nitrogen and oxygen atoms in total. The first-order valence-corrected chi connectivity index (χ1v) is 10.4. The standard InChI is InChI=1S/C22H36N4O3/c1-22(2,3)29-21(28)23-13-10-20(27)24-18-6-8-19(9-7-18)26-14-11-17(12-15-26)16-25(4)5/h6-9,17H,10-16H2,1-5H3,(H,23,28)(H,24,27). The van der Waals surface area contributed by atoms with Gasteiger partial charge in [0.25, 0.3) is 0 Å². The lowest BCUT2D eigenvalue weighted by atomic mass is 9.96. The van der Waals surface area contributed by atoms with Crippen LogP contribution in [0.25, 0.3) is 0 Å². The van der Waals surface area contributed by atoms with Gasteiger partial charge in [0.15, 0.2) is 0 Å². The summed E-state index contributed by atoms with van der Waals surface area (Å²) in [6.07, 6.45) is 2.10. The van der Waals surface area contributed by atoms with Gasteiger partial charge >= 0.3 is 6.09 Å². The molecule has 29 heavy (non-hydrogen) atoms. The van der Waals surface area contributed by atoms with Crippen LogP contribution in [0.3, 0.4) is 0 Å². The van der Waals surface area contributed by atoms with Gasteiger partial charge in [-0.3, -0.25) is 4.79 Å². The Morgan fingerprint density at radius 1 is 1.14 bits per heavy atom. The van der Waals surface area contributed by atoms with Gasteiger partial charge in [0, 0.05) is 44.0 Å². The molecular formula is C22H36N4O3. The Hall–Kier alpha value is -2.28. The molecule has 0 bridgehead atoms. The molecule has 0 aliphatic carbocycles. The highest BCUT2D eigenvalue weighted by atomic mass is 16.6. The van der Waals surface area contributed by atoms with Crippen molar-refractivity contribution in [1.29, 1.82) is 0 Å².